The second kappa shape index (κ2) is 12.8. The highest BCUT2D eigenvalue weighted by Crippen LogP contribution is 2.24. The molecule has 1 aliphatic rings. The molecule has 0 saturated carbocycles. The first kappa shape index (κ1) is 27.4. The van der Waals surface area contributed by atoms with Crippen LogP contribution in [0.1, 0.15) is 22.3 Å². The minimum atomic E-state index is -0.817. The average molecular weight is 632 g/mol. The van der Waals surface area contributed by atoms with Gasteiger partial charge in [-0.15, -0.1) is 0 Å². The maximum atomic E-state index is 14.3. The van der Waals surface area contributed by atoms with E-state index in [9.17, 15) is 14.0 Å². The summed E-state index contributed by atoms with van der Waals surface area (Å²) in [6.45, 7) is 7.02. The zero-order valence-corrected chi connectivity index (χ0v) is 23.7. The van der Waals surface area contributed by atoms with Crippen LogP contribution in [0.25, 0.3) is 0 Å². The molecule has 1 fully saturated rings. The summed E-state index contributed by atoms with van der Waals surface area (Å²) < 4.78 is 15.7. The molecule has 1 aliphatic heterocycles. The zero-order valence-electron chi connectivity index (χ0n) is 20.6. The van der Waals surface area contributed by atoms with Gasteiger partial charge in [0.15, 0.2) is 0 Å². The molecule has 0 atom stereocenters. The van der Waals surface area contributed by atoms with Gasteiger partial charge in [-0.2, -0.15) is 0 Å². The maximum absolute atomic E-state index is 14.3. The van der Waals surface area contributed by atoms with Gasteiger partial charge >= 0.3 is 11.8 Å². The molecule has 9 heteroatoms. The number of nitrogens with one attached hydrogen (secondary N) is 2. The minimum Gasteiger partial charge on any atom is -0.344 e. The standard InChI is InChI=1S/C28H29Br2FN4O2/c1-19-13-23(30)14-25(31)24(19)16-32-27(36)28(37)33-26-15-22(29)8-7-21(26)18-35-11-9-34(10-12-35)17-20-5-3-2-4-6-20/h2-8,13-15H,9-12,16-18H2,1H3,(H,32,36)(H,33,37). The van der Waals surface area contributed by atoms with Gasteiger partial charge in [0.2, 0.25) is 0 Å². The van der Waals surface area contributed by atoms with Gasteiger partial charge in [0.1, 0.15) is 5.82 Å². The van der Waals surface area contributed by atoms with Crippen LogP contribution < -0.4 is 10.6 Å². The van der Waals surface area contributed by atoms with E-state index in [1.54, 1.807) is 19.1 Å². The number of halogens is 3. The van der Waals surface area contributed by atoms with Gasteiger partial charge in [-0.25, -0.2) is 4.39 Å². The van der Waals surface area contributed by atoms with E-state index < -0.39 is 17.6 Å². The quantitative estimate of drug-likeness (QED) is 0.351. The number of carbonyl (C=O) groups is 2. The van der Waals surface area contributed by atoms with E-state index in [-0.39, 0.29) is 6.54 Å². The van der Waals surface area contributed by atoms with E-state index in [2.05, 4.69) is 76.6 Å². The summed E-state index contributed by atoms with van der Waals surface area (Å²) >= 11 is 6.70. The van der Waals surface area contributed by atoms with Gasteiger partial charge in [-0.3, -0.25) is 19.4 Å². The lowest BCUT2D eigenvalue weighted by molar-refractivity contribution is -0.136. The van der Waals surface area contributed by atoms with Crippen molar-refractivity contribution in [1.82, 2.24) is 15.1 Å². The number of amides is 2. The minimum absolute atomic E-state index is 0.0736. The van der Waals surface area contributed by atoms with Crippen molar-refractivity contribution in [2.24, 2.45) is 0 Å². The van der Waals surface area contributed by atoms with Crippen molar-refractivity contribution in [2.45, 2.75) is 26.6 Å². The number of hydrogen-bond acceptors (Lipinski definition) is 4. The van der Waals surface area contributed by atoms with E-state index in [4.69, 9.17) is 0 Å². The Labute approximate surface area is 233 Å². The van der Waals surface area contributed by atoms with Crippen molar-refractivity contribution in [2.75, 3.05) is 31.5 Å². The van der Waals surface area contributed by atoms with Gasteiger partial charge in [-0.05, 0) is 47.9 Å². The monoisotopic (exact) mass is 630 g/mol. The highest BCUT2D eigenvalue weighted by Gasteiger charge is 2.21. The van der Waals surface area contributed by atoms with Crippen molar-refractivity contribution < 1.29 is 14.0 Å². The molecule has 0 bridgehead atoms. The SMILES string of the molecule is Cc1cc(Br)cc(F)c1CNC(=O)C(=O)Nc1cc(Br)ccc1CN1CCN(Cc2ccccc2)CC1. The first-order valence-electron chi connectivity index (χ1n) is 12.1. The summed E-state index contributed by atoms with van der Waals surface area (Å²) in [4.78, 5) is 30.0. The van der Waals surface area contributed by atoms with E-state index in [1.165, 1.54) is 11.6 Å². The first-order valence-corrected chi connectivity index (χ1v) is 13.7. The van der Waals surface area contributed by atoms with E-state index in [0.29, 0.717) is 27.8 Å². The van der Waals surface area contributed by atoms with Crippen molar-refractivity contribution in [3.8, 4) is 0 Å². The van der Waals surface area contributed by atoms with Gasteiger partial charge in [0.25, 0.3) is 0 Å². The van der Waals surface area contributed by atoms with E-state index >= 15 is 0 Å². The van der Waals surface area contributed by atoms with Crippen molar-refractivity contribution >= 4 is 49.4 Å². The normalized spacial score (nSPS) is 14.4. The Hall–Kier alpha value is -2.59. The van der Waals surface area contributed by atoms with E-state index in [1.807, 2.05) is 18.2 Å². The third-order valence-electron chi connectivity index (χ3n) is 6.44. The van der Waals surface area contributed by atoms with Crippen molar-refractivity contribution in [1.29, 1.82) is 0 Å². The number of anilines is 1. The molecule has 3 aromatic carbocycles. The molecule has 0 unspecified atom stereocenters. The number of rotatable bonds is 7. The highest BCUT2D eigenvalue weighted by molar-refractivity contribution is 9.10. The van der Waals surface area contributed by atoms with Crippen LogP contribution >= 0.6 is 31.9 Å². The van der Waals surface area contributed by atoms with Crippen LogP contribution in [0.2, 0.25) is 0 Å². The summed E-state index contributed by atoms with van der Waals surface area (Å²) in [5.41, 5.74) is 3.85. The molecular formula is C28H29Br2FN4O2. The van der Waals surface area contributed by atoms with E-state index in [0.717, 1.165) is 42.8 Å². The Kier molecular flexibility index (Phi) is 9.48. The maximum Gasteiger partial charge on any atom is 0.313 e. The predicted octanol–water partition coefficient (Wildman–Crippen LogP) is 5.23. The number of aryl methyl sites for hydroxylation is 1. The fourth-order valence-corrected chi connectivity index (χ4v) is 5.28. The first-order chi connectivity index (χ1) is 17.8. The molecule has 0 spiro atoms. The third-order valence-corrected chi connectivity index (χ3v) is 7.39. The molecule has 1 saturated heterocycles. The Bertz CT molecular complexity index is 1240. The summed E-state index contributed by atoms with van der Waals surface area (Å²) in [5, 5.41) is 5.26. The van der Waals surface area contributed by atoms with Crippen LogP contribution in [-0.4, -0.2) is 47.8 Å². The van der Waals surface area contributed by atoms with Crippen LogP contribution in [0, 0.1) is 12.7 Å². The second-order valence-electron chi connectivity index (χ2n) is 9.16. The van der Waals surface area contributed by atoms with Crippen LogP contribution in [0.4, 0.5) is 10.1 Å². The summed E-state index contributed by atoms with van der Waals surface area (Å²) in [5.74, 6) is -2.05. The van der Waals surface area contributed by atoms with Crippen molar-refractivity contribution in [3.63, 3.8) is 0 Å². The highest BCUT2D eigenvalue weighted by atomic mass is 79.9. The van der Waals surface area contributed by atoms with Crippen LogP contribution in [0.5, 0.6) is 0 Å². The lowest BCUT2D eigenvalue weighted by Crippen LogP contribution is -2.45. The molecule has 3 aromatic rings. The summed E-state index contributed by atoms with van der Waals surface area (Å²) in [6, 6.07) is 19.2. The number of benzene rings is 3. The lowest BCUT2D eigenvalue weighted by atomic mass is 10.1. The molecule has 1 heterocycles. The summed E-state index contributed by atoms with van der Waals surface area (Å²) in [7, 11) is 0. The number of piperazine rings is 1. The zero-order chi connectivity index (χ0) is 26.4. The van der Waals surface area contributed by atoms with Crippen molar-refractivity contribution in [3.05, 3.63) is 97.7 Å². The lowest BCUT2D eigenvalue weighted by Gasteiger charge is -2.35. The number of nitrogens with zero attached hydrogens (tertiary/aromatic N) is 2. The molecule has 6 nitrogen and oxygen atoms in total. The molecule has 194 valence electrons. The van der Waals surface area contributed by atoms with Crippen LogP contribution in [-0.2, 0) is 29.2 Å². The van der Waals surface area contributed by atoms with Gasteiger partial charge in [0, 0.05) is 66.0 Å². The molecule has 37 heavy (non-hydrogen) atoms. The third kappa shape index (κ3) is 7.70. The Balaban J connectivity index is 1.33. The smallest absolute Gasteiger partial charge is 0.313 e. The molecule has 0 radical (unpaired) electrons. The van der Waals surface area contributed by atoms with Crippen LogP contribution in [0.15, 0.2) is 69.6 Å². The van der Waals surface area contributed by atoms with Crippen LogP contribution in [0.3, 0.4) is 0 Å². The Morgan fingerprint density at radius 1 is 0.865 bits per heavy atom. The Morgan fingerprint density at radius 2 is 1.54 bits per heavy atom. The molecule has 4 rings (SSSR count). The van der Waals surface area contributed by atoms with Gasteiger partial charge < -0.3 is 10.6 Å². The fraction of sp³-hybridized carbons (Fsp3) is 0.286. The Morgan fingerprint density at radius 3 is 2.22 bits per heavy atom. The molecule has 2 amide bonds. The second-order valence-corrected chi connectivity index (χ2v) is 11.0. The number of carbonyl (C=O) groups excluding carboxylic acids is 2. The largest absolute Gasteiger partial charge is 0.344 e. The number of hydrogen-bond donors (Lipinski definition) is 2. The fourth-order valence-electron chi connectivity index (χ4n) is 4.37. The summed E-state index contributed by atoms with van der Waals surface area (Å²) in [6.07, 6.45) is 0. The topological polar surface area (TPSA) is 64.7 Å². The molecule has 0 aromatic heterocycles. The molecule has 2 N–H and O–H groups in total. The van der Waals surface area contributed by atoms with Gasteiger partial charge in [0.05, 0.1) is 0 Å². The molecular weight excluding hydrogens is 603 g/mol. The average Bonchev–Trinajstić information content (AvgIpc) is 2.86. The predicted molar refractivity (Wildman–Crippen MR) is 150 cm³/mol. The van der Waals surface area contributed by atoms with Gasteiger partial charge in [-0.1, -0.05) is 68.3 Å². The molecule has 0 aliphatic carbocycles.